The predicted molar refractivity (Wildman–Crippen MR) is 93.4 cm³/mol. The lowest BCUT2D eigenvalue weighted by atomic mass is 10.2. The number of nitrogens with two attached hydrogens (primary N) is 1. The van der Waals surface area contributed by atoms with Crippen LogP contribution in [0.15, 0.2) is 48.9 Å². The number of hydrogen-bond donors (Lipinski definition) is 3. The summed E-state index contributed by atoms with van der Waals surface area (Å²) in [6, 6.07) is 8.42. The summed E-state index contributed by atoms with van der Waals surface area (Å²) in [6.45, 7) is 1.91. The lowest BCUT2D eigenvalue weighted by Gasteiger charge is -2.13. The van der Waals surface area contributed by atoms with Crippen LogP contribution in [0.1, 0.15) is 11.1 Å². The quantitative estimate of drug-likeness (QED) is 0.644. The number of alkyl halides is 3. The number of rotatable bonds is 4. The monoisotopic (exact) mass is 360 g/mol. The molecule has 0 amide bonds. The zero-order valence-electron chi connectivity index (χ0n) is 13.7. The van der Waals surface area contributed by atoms with E-state index in [-0.39, 0.29) is 17.2 Å². The van der Waals surface area contributed by atoms with Gasteiger partial charge >= 0.3 is 6.18 Å². The van der Waals surface area contributed by atoms with Crippen molar-refractivity contribution < 1.29 is 13.2 Å². The molecule has 3 aromatic rings. The minimum Gasteiger partial charge on any atom is -0.393 e. The summed E-state index contributed by atoms with van der Waals surface area (Å²) in [5.74, 6) is 1.03. The van der Waals surface area contributed by atoms with Gasteiger partial charge in [-0.25, -0.2) is 15.0 Å². The van der Waals surface area contributed by atoms with Crippen LogP contribution in [-0.2, 0) is 6.18 Å². The molecule has 0 saturated carbocycles. The van der Waals surface area contributed by atoms with E-state index in [1.807, 2.05) is 13.0 Å². The molecule has 0 atom stereocenters. The third-order valence-electron chi connectivity index (χ3n) is 3.50. The Morgan fingerprint density at radius 1 is 0.962 bits per heavy atom. The molecule has 0 aliphatic carbocycles. The topological polar surface area (TPSA) is 88.8 Å². The number of pyridine rings is 1. The average molecular weight is 360 g/mol. The van der Waals surface area contributed by atoms with E-state index in [1.54, 1.807) is 12.3 Å². The largest absolute Gasteiger partial charge is 0.416 e. The highest BCUT2D eigenvalue weighted by atomic mass is 19.4. The standard InChI is InChI=1S/C17H15F3N6/c1-10-5-6-22-13(7-10)26-16-14(21)15(23-9-24-16)25-12-4-2-3-11(8-12)17(18,19)20/h2-9H,21H2,1H3,(H2,22,23,24,25,26). The van der Waals surface area contributed by atoms with E-state index < -0.39 is 11.7 Å². The molecule has 0 aliphatic rings. The van der Waals surface area contributed by atoms with Crippen molar-refractivity contribution in [2.24, 2.45) is 0 Å². The van der Waals surface area contributed by atoms with Gasteiger partial charge in [-0.05, 0) is 42.8 Å². The molecule has 0 radical (unpaired) electrons. The SMILES string of the molecule is Cc1ccnc(Nc2ncnc(Nc3cccc(C(F)(F)F)c3)c2N)c1. The van der Waals surface area contributed by atoms with Crippen LogP contribution in [0.2, 0.25) is 0 Å². The van der Waals surface area contributed by atoms with Crippen molar-refractivity contribution in [2.45, 2.75) is 13.1 Å². The predicted octanol–water partition coefficient (Wildman–Crippen LogP) is 4.27. The highest BCUT2D eigenvalue weighted by Crippen LogP contribution is 2.32. The molecule has 2 heterocycles. The summed E-state index contributed by atoms with van der Waals surface area (Å²) in [6.07, 6.45) is -1.54. The first-order chi connectivity index (χ1) is 12.3. The normalized spacial score (nSPS) is 11.2. The van der Waals surface area contributed by atoms with Gasteiger partial charge in [0.2, 0.25) is 0 Å². The van der Waals surface area contributed by atoms with Crippen molar-refractivity contribution in [3.63, 3.8) is 0 Å². The number of halogens is 3. The number of nitrogens with zero attached hydrogens (tertiary/aromatic N) is 3. The van der Waals surface area contributed by atoms with Gasteiger partial charge in [0.05, 0.1) is 5.56 Å². The van der Waals surface area contributed by atoms with Crippen LogP contribution in [-0.4, -0.2) is 15.0 Å². The number of aryl methyl sites for hydroxylation is 1. The second kappa shape index (κ2) is 6.87. The highest BCUT2D eigenvalue weighted by Gasteiger charge is 2.30. The molecule has 2 aromatic heterocycles. The lowest BCUT2D eigenvalue weighted by molar-refractivity contribution is -0.137. The molecule has 6 nitrogen and oxygen atoms in total. The van der Waals surface area contributed by atoms with Crippen molar-refractivity contribution in [1.29, 1.82) is 0 Å². The summed E-state index contributed by atoms with van der Waals surface area (Å²) >= 11 is 0. The lowest BCUT2D eigenvalue weighted by Crippen LogP contribution is -2.07. The van der Waals surface area contributed by atoms with Gasteiger partial charge in [0, 0.05) is 11.9 Å². The molecule has 0 aliphatic heterocycles. The fraction of sp³-hybridized carbons (Fsp3) is 0.118. The van der Waals surface area contributed by atoms with Gasteiger partial charge in [0.1, 0.15) is 17.8 Å². The Bertz CT molecular complexity index is 926. The van der Waals surface area contributed by atoms with Gasteiger partial charge in [-0.15, -0.1) is 0 Å². The van der Waals surface area contributed by atoms with Gasteiger partial charge in [-0.1, -0.05) is 6.07 Å². The van der Waals surface area contributed by atoms with Gasteiger partial charge < -0.3 is 16.4 Å². The van der Waals surface area contributed by atoms with Crippen molar-refractivity contribution in [3.8, 4) is 0 Å². The van der Waals surface area contributed by atoms with Crippen LogP contribution in [0.4, 0.5) is 42.0 Å². The van der Waals surface area contributed by atoms with E-state index in [0.717, 1.165) is 17.7 Å². The third kappa shape index (κ3) is 4.00. The van der Waals surface area contributed by atoms with Crippen LogP contribution in [0.5, 0.6) is 0 Å². The number of nitrogens with one attached hydrogen (secondary N) is 2. The van der Waals surface area contributed by atoms with Crippen molar-refractivity contribution in [1.82, 2.24) is 15.0 Å². The summed E-state index contributed by atoms with van der Waals surface area (Å²) in [7, 11) is 0. The van der Waals surface area contributed by atoms with Crippen molar-refractivity contribution in [2.75, 3.05) is 16.4 Å². The molecule has 4 N–H and O–H groups in total. The zero-order valence-corrected chi connectivity index (χ0v) is 13.7. The van der Waals surface area contributed by atoms with Gasteiger partial charge in [0.15, 0.2) is 11.6 Å². The maximum atomic E-state index is 12.8. The molecule has 3 rings (SSSR count). The minimum atomic E-state index is -4.43. The molecule has 0 saturated heterocycles. The molecule has 9 heteroatoms. The van der Waals surface area contributed by atoms with Crippen LogP contribution in [0, 0.1) is 6.92 Å². The zero-order chi connectivity index (χ0) is 18.7. The molecule has 26 heavy (non-hydrogen) atoms. The van der Waals surface area contributed by atoms with Crippen molar-refractivity contribution in [3.05, 3.63) is 60.0 Å². The molecular weight excluding hydrogens is 345 g/mol. The van der Waals surface area contributed by atoms with E-state index in [1.165, 1.54) is 18.5 Å². The molecule has 0 unspecified atom stereocenters. The molecular formula is C17H15F3N6. The Balaban J connectivity index is 1.86. The summed E-state index contributed by atoms with van der Waals surface area (Å²) in [5.41, 5.74) is 6.65. The maximum Gasteiger partial charge on any atom is 0.416 e. The van der Waals surface area contributed by atoms with Gasteiger partial charge in [-0.2, -0.15) is 13.2 Å². The van der Waals surface area contributed by atoms with Gasteiger partial charge in [0.25, 0.3) is 0 Å². The van der Waals surface area contributed by atoms with E-state index in [4.69, 9.17) is 5.73 Å². The third-order valence-corrected chi connectivity index (χ3v) is 3.50. The van der Waals surface area contributed by atoms with E-state index in [2.05, 4.69) is 25.6 Å². The summed E-state index contributed by atoms with van der Waals surface area (Å²) < 4.78 is 38.5. The van der Waals surface area contributed by atoms with E-state index in [9.17, 15) is 13.2 Å². The van der Waals surface area contributed by atoms with Gasteiger partial charge in [-0.3, -0.25) is 0 Å². The molecule has 0 fully saturated rings. The Morgan fingerprint density at radius 2 is 1.69 bits per heavy atom. The fourth-order valence-electron chi connectivity index (χ4n) is 2.23. The summed E-state index contributed by atoms with van der Waals surface area (Å²) in [4.78, 5) is 12.2. The average Bonchev–Trinajstić information content (AvgIpc) is 2.58. The van der Waals surface area contributed by atoms with Crippen LogP contribution >= 0.6 is 0 Å². The fourth-order valence-corrected chi connectivity index (χ4v) is 2.23. The Hall–Kier alpha value is -3.36. The van der Waals surface area contributed by atoms with E-state index >= 15 is 0 Å². The first-order valence-corrected chi connectivity index (χ1v) is 7.57. The Labute approximate surface area is 147 Å². The number of benzene rings is 1. The molecule has 1 aromatic carbocycles. The molecule has 0 spiro atoms. The Morgan fingerprint density at radius 3 is 2.38 bits per heavy atom. The second-order valence-electron chi connectivity index (χ2n) is 5.53. The van der Waals surface area contributed by atoms with Crippen LogP contribution in [0.3, 0.4) is 0 Å². The Kier molecular flexibility index (Phi) is 4.61. The minimum absolute atomic E-state index is 0.160. The molecule has 134 valence electrons. The first-order valence-electron chi connectivity index (χ1n) is 7.57. The summed E-state index contributed by atoms with van der Waals surface area (Å²) in [5, 5.41) is 5.75. The second-order valence-corrected chi connectivity index (χ2v) is 5.53. The van der Waals surface area contributed by atoms with E-state index in [0.29, 0.717) is 11.6 Å². The smallest absolute Gasteiger partial charge is 0.393 e. The number of anilines is 5. The maximum absolute atomic E-state index is 12.8. The number of aromatic nitrogens is 3. The number of hydrogen-bond acceptors (Lipinski definition) is 6. The van der Waals surface area contributed by atoms with Crippen LogP contribution in [0.25, 0.3) is 0 Å². The highest BCUT2D eigenvalue weighted by molar-refractivity contribution is 5.79. The van der Waals surface area contributed by atoms with Crippen LogP contribution < -0.4 is 16.4 Å². The number of nitrogen functional groups attached to an aromatic ring is 1. The first kappa shape index (κ1) is 17.5. The van der Waals surface area contributed by atoms with Crippen molar-refractivity contribution >= 4 is 28.8 Å². The molecule has 0 bridgehead atoms.